The van der Waals surface area contributed by atoms with E-state index in [0.717, 1.165) is 37.2 Å². The third-order valence-corrected chi connectivity index (χ3v) is 5.80. The van der Waals surface area contributed by atoms with Crippen molar-refractivity contribution in [3.8, 4) is 6.07 Å². The third kappa shape index (κ3) is 5.96. The molecule has 0 aliphatic carbocycles. The number of nitrogens with one attached hydrogen (secondary N) is 1. The van der Waals surface area contributed by atoms with Crippen LogP contribution in [-0.2, 0) is 4.79 Å². The molecule has 1 fully saturated rings. The van der Waals surface area contributed by atoms with Crippen molar-refractivity contribution >= 4 is 17.5 Å². The van der Waals surface area contributed by atoms with Gasteiger partial charge in [-0.15, -0.1) is 0 Å². The Morgan fingerprint density at radius 3 is 2.52 bits per heavy atom. The van der Waals surface area contributed by atoms with Crippen molar-refractivity contribution in [1.29, 1.82) is 5.26 Å². The van der Waals surface area contributed by atoms with Gasteiger partial charge in [0.05, 0.1) is 19.0 Å². The summed E-state index contributed by atoms with van der Waals surface area (Å²) in [5, 5.41) is 12.0. The molecule has 2 aromatic rings. The Kier molecular flexibility index (Phi) is 7.48. The Balaban J connectivity index is 1.55. The van der Waals surface area contributed by atoms with Gasteiger partial charge < -0.3 is 14.6 Å². The zero-order chi connectivity index (χ0) is 22.4. The van der Waals surface area contributed by atoms with E-state index in [4.69, 9.17) is 9.68 Å². The van der Waals surface area contributed by atoms with Crippen molar-refractivity contribution in [2.75, 3.05) is 31.1 Å². The summed E-state index contributed by atoms with van der Waals surface area (Å²) in [4.78, 5) is 29.2. The average molecular weight is 423 g/mol. The Hall–Kier alpha value is -3.11. The van der Waals surface area contributed by atoms with Gasteiger partial charge in [0.25, 0.3) is 5.91 Å². The van der Waals surface area contributed by atoms with E-state index in [0.29, 0.717) is 31.0 Å². The summed E-state index contributed by atoms with van der Waals surface area (Å²) in [7, 11) is 0. The lowest BCUT2D eigenvalue weighted by molar-refractivity contribution is -0.120. The first-order valence-corrected chi connectivity index (χ1v) is 10.7. The molecule has 0 atom stereocenters. The van der Waals surface area contributed by atoms with Gasteiger partial charge in [0.15, 0.2) is 5.76 Å². The molecular weight excluding hydrogens is 392 g/mol. The molecule has 7 heteroatoms. The summed E-state index contributed by atoms with van der Waals surface area (Å²) in [6, 6.07) is 11.6. The third-order valence-electron chi connectivity index (χ3n) is 5.80. The van der Waals surface area contributed by atoms with Crippen molar-refractivity contribution in [2.45, 2.75) is 46.1 Å². The summed E-state index contributed by atoms with van der Waals surface area (Å²) in [6.07, 6.45) is 1.85. The van der Waals surface area contributed by atoms with Crippen LogP contribution in [0.25, 0.3) is 0 Å². The summed E-state index contributed by atoms with van der Waals surface area (Å²) in [6.45, 7) is 8.01. The van der Waals surface area contributed by atoms with Crippen molar-refractivity contribution in [2.24, 2.45) is 0 Å². The summed E-state index contributed by atoms with van der Waals surface area (Å²) >= 11 is 0. The van der Waals surface area contributed by atoms with Crippen LogP contribution in [0.5, 0.6) is 0 Å². The van der Waals surface area contributed by atoms with Crippen molar-refractivity contribution in [3.05, 3.63) is 53.0 Å². The number of hydrogen-bond donors (Lipinski definition) is 1. The standard InChI is InChI=1S/C24H30N4O3/c1-17-5-7-21(15-18(17)2)28(12-4-11-25)23(29)16-27-13-9-20(10-14-27)26-24(30)22-8-6-19(3)31-22/h5-8,15,20H,4,9-10,12-14,16H2,1-3H3,(H,26,30). The number of likely N-dealkylation sites (tertiary alicyclic amines) is 1. The maximum absolute atomic E-state index is 13.1. The number of hydrogen-bond acceptors (Lipinski definition) is 5. The predicted molar refractivity (Wildman–Crippen MR) is 119 cm³/mol. The molecule has 31 heavy (non-hydrogen) atoms. The molecule has 1 aliphatic heterocycles. The van der Waals surface area contributed by atoms with E-state index in [1.807, 2.05) is 39.0 Å². The van der Waals surface area contributed by atoms with E-state index in [2.05, 4.69) is 16.3 Å². The number of benzene rings is 1. The van der Waals surface area contributed by atoms with E-state index in [1.54, 1.807) is 17.0 Å². The highest BCUT2D eigenvalue weighted by Gasteiger charge is 2.25. The van der Waals surface area contributed by atoms with E-state index < -0.39 is 0 Å². The van der Waals surface area contributed by atoms with Crippen LogP contribution < -0.4 is 10.2 Å². The van der Waals surface area contributed by atoms with Crippen LogP contribution >= 0.6 is 0 Å². The predicted octanol–water partition coefficient (Wildman–Crippen LogP) is 3.35. The van der Waals surface area contributed by atoms with Gasteiger partial charge in [-0.3, -0.25) is 14.5 Å². The summed E-state index contributed by atoms with van der Waals surface area (Å²) in [5.74, 6) is 0.840. The molecule has 0 bridgehead atoms. The van der Waals surface area contributed by atoms with Crippen molar-refractivity contribution in [1.82, 2.24) is 10.2 Å². The van der Waals surface area contributed by atoms with Gasteiger partial charge in [-0.25, -0.2) is 0 Å². The largest absolute Gasteiger partial charge is 0.456 e. The molecule has 0 spiro atoms. The number of nitriles is 1. The second kappa shape index (κ2) is 10.3. The van der Waals surface area contributed by atoms with Crippen LogP contribution in [0.4, 0.5) is 5.69 Å². The van der Waals surface area contributed by atoms with Crippen LogP contribution in [-0.4, -0.2) is 48.9 Å². The fourth-order valence-electron chi connectivity index (χ4n) is 3.78. The lowest BCUT2D eigenvalue weighted by Crippen LogP contribution is -2.48. The number of nitrogens with zero attached hydrogens (tertiary/aromatic N) is 3. The molecule has 1 saturated heterocycles. The molecule has 3 rings (SSSR count). The topological polar surface area (TPSA) is 89.6 Å². The molecule has 1 aromatic carbocycles. The Morgan fingerprint density at radius 2 is 1.90 bits per heavy atom. The van der Waals surface area contributed by atoms with Gasteiger partial charge in [0.2, 0.25) is 5.91 Å². The lowest BCUT2D eigenvalue weighted by atomic mass is 10.0. The highest BCUT2D eigenvalue weighted by molar-refractivity contribution is 5.95. The minimum atomic E-state index is -0.194. The molecule has 1 aliphatic rings. The monoisotopic (exact) mass is 422 g/mol. The second-order valence-electron chi connectivity index (χ2n) is 8.16. The molecule has 1 aromatic heterocycles. The second-order valence-corrected chi connectivity index (χ2v) is 8.16. The number of anilines is 1. The van der Waals surface area contributed by atoms with Crippen molar-refractivity contribution in [3.63, 3.8) is 0 Å². The minimum absolute atomic E-state index is 0.00736. The summed E-state index contributed by atoms with van der Waals surface area (Å²) in [5.41, 5.74) is 3.13. The zero-order valence-electron chi connectivity index (χ0n) is 18.5. The molecule has 7 nitrogen and oxygen atoms in total. The number of carbonyl (C=O) groups excluding carboxylic acids is 2. The SMILES string of the molecule is Cc1ccc(C(=O)NC2CCN(CC(=O)N(CCC#N)c3ccc(C)c(C)c3)CC2)o1. The van der Waals surface area contributed by atoms with E-state index >= 15 is 0 Å². The highest BCUT2D eigenvalue weighted by Crippen LogP contribution is 2.20. The molecule has 164 valence electrons. The van der Waals surface area contributed by atoms with Gasteiger partial charge in [-0.1, -0.05) is 6.07 Å². The van der Waals surface area contributed by atoms with Crippen molar-refractivity contribution < 1.29 is 14.0 Å². The highest BCUT2D eigenvalue weighted by atomic mass is 16.3. The number of amides is 2. The Bertz CT molecular complexity index is 967. The van der Waals surface area contributed by atoms with Crippen LogP contribution in [0, 0.1) is 32.1 Å². The molecule has 0 unspecified atom stereocenters. The van der Waals surface area contributed by atoms with Gasteiger partial charge >= 0.3 is 0 Å². The fraction of sp³-hybridized carbons (Fsp3) is 0.458. The first-order chi connectivity index (χ1) is 14.9. The molecule has 2 heterocycles. The van der Waals surface area contributed by atoms with E-state index in [9.17, 15) is 9.59 Å². The van der Waals surface area contributed by atoms with E-state index in [-0.39, 0.29) is 17.9 Å². The fourth-order valence-corrected chi connectivity index (χ4v) is 3.78. The van der Waals surface area contributed by atoms with Crippen LogP contribution in [0.2, 0.25) is 0 Å². The smallest absolute Gasteiger partial charge is 0.287 e. The quantitative estimate of drug-likeness (QED) is 0.739. The van der Waals surface area contributed by atoms with Gasteiger partial charge in [-0.2, -0.15) is 5.26 Å². The van der Waals surface area contributed by atoms with Gasteiger partial charge in [0, 0.05) is 31.4 Å². The number of furan rings is 1. The molecule has 0 radical (unpaired) electrons. The maximum atomic E-state index is 13.1. The first kappa shape index (κ1) is 22.6. The van der Waals surface area contributed by atoms with Crippen LogP contribution in [0.15, 0.2) is 34.7 Å². The number of piperidine rings is 1. The average Bonchev–Trinajstić information content (AvgIpc) is 3.19. The molecule has 2 amide bonds. The normalized spacial score (nSPS) is 14.8. The zero-order valence-corrected chi connectivity index (χ0v) is 18.5. The number of rotatable bonds is 7. The minimum Gasteiger partial charge on any atom is -0.456 e. The molecule has 0 saturated carbocycles. The van der Waals surface area contributed by atoms with E-state index in [1.165, 1.54) is 5.56 Å². The molecular formula is C24H30N4O3. The van der Waals surface area contributed by atoms with Crippen LogP contribution in [0.3, 0.4) is 0 Å². The Labute approximate surface area is 183 Å². The first-order valence-electron chi connectivity index (χ1n) is 10.7. The van der Waals surface area contributed by atoms with Crippen LogP contribution in [0.1, 0.15) is 46.7 Å². The lowest BCUT2D eigenvalue weighted by Gasteiger charge is -2.33. The van der Waals surface area contributed by atoms with Gasteiger partial charge in [0.1, 0.15) is 5.76 Å². The van der Waals surface area contributed by atoms with Gasteiger partial charge in [-0.05, 0) is 69.0 Å². The summed E-state index contributed by atoms with van der Waals surface area (Å²) < 4.78 is 5.38. The molecule has 1 N–H and O–H groups in total. The maximum Gasteiger partial charge on any atom is 0.287 e. The number of aryl methyl sites for hydroxylation is 3. The number of carbonyl (C=O) groups is 2. The Morgan fingerprint density at radius 1 is 1.16 bits per heavy atom.